The van der Waals surface area contributed by atoms with E-state index in [-0.39, 0.29) is 7.92 Å². The van der Waals surface area contributed by atoms with E-state index in [1.807, 2.05) is 30.3 Å². The Morgan fingerprint density at radius 3 is 2.11 bits per heavy atom. The van der Waals surface area contributed by atoms with Gasteiger partial charge in [-0.1, -0.05) is 42.5 Å². The van der Waals surface area contributed by atoms with Crippen molar-refractivity contribution >= 4 is 30.2 Å². The molecular weight excluding hydrogens is 243 g/mol. The lowest BCUT2D eigenvalue weighted by Gasteiger charge is -2.13. The van der Waals surface area contributed by atoms with E-state index in [0.717, 1.165) is 5.69 Å². The number of hydrogen-bond acceptors (Lipinski definition) is 1. The molecule has 3 nitrogen and oxygen atoms in total. The summed E-state index contributed by atoms with van der Waals surface area (Å²) in [6.45, 7) is 2.22. The van der Waals surface area contributed by atoms with Gasteiger partial charge in [-0.05, 0) is 37.3 Å². The maximum absolute atomic E-state index is 10.7. The van der Waals surface area contributed by atoms with Crippen LogP contribution in [0.15, 0.2) is 54.6 Å². The Bertz CT molecular complexity index is 525. The second-order valence-corrected chi connectivity index (χ2v) is 6.08. The van der Waals surface area contributed by atoms with Crippen LogP contribution in [0.4, 0.5) is 10.5 Å². The topological polar surface area (TPSA) is 55.1 Å². The van der Waals surface area contributed by atoms with Gasteiger partial charge in [0.25, 0.3) is 0 Å². The smallest absolute Gasteiger partial charge is 0.316 e. The summed E-state index contributed by atoms with van der Waals surface area (Å²) in [7, 11) is -0.347. The zero-order valence-corrected chi connectivity index (χ0v) is 11.0. The van der Waals surface area contributed by atoms with Gasteiger partial charge in [0.2, 0.25) is 0 Å². The number of carbonyl (C=O) groups is 1. The zero-order valence-electron chi connectivity index (χ0n) is 10.1. The van der Waals surface area contributed by atoms with Crippen molar-refractivity contribution in [3.63, 3.8) is 0 Å². The van der Waals surface area contributed by atoms with E-state index in [1.165, 1.54) is 10.6 Å². The van der Waals surface area contributed by atoms with Crippen LogP contribution in [0.5, 0.6) is 0 Å². The summed E-state index contributed by atoms with van der Waals surface area (Å²) in [6.07, 6.45) is 0. The first-order chi connectivity index (χ1) is 8.66. The molecule has 0 aliphatic rings. The van der Waals surface area contributed by atoms with Crippen molar-refractivity contribution in [3.05, 3.63) is 54.6 Å². The standard InChI is InChI=1S/C14H15N2OP/c1-18(12-5-3-2-4-6-12)13-9-7-11(8-10-13)16-14(15)17/h2-10H,1H3,(H3,15,16,17). The first-order valence-corrected chi connectivity index (χ1v) is 7.41. The Kier molecular flexibility index (Phi) is 3.96. The number of rotatable bonds is 3. The number of anilines is 1. The van der Waals surface area contributed by atoms with Crippen LogP contribution in [0.1, 0.15) is 0 Å². The van der Waals surface area contributed by atoms with Crippen LogP contribution in [-0.2, 0) is 0 Å². The van der Waals surface area contributed by atoms with Crippen LogP contribution in [0.2, 0.25) is 0 Å². The first kappa shape index (κ1) is 12.6. The van der Waals surface area contributed by atoms with Crippen molar-refractivity contribution in [3.8, 4) is 0 Å². The van der Waals surface area contributed by atoms with E-state index < -0.39 is 6.03 Å². The Morgan fingerprint density at radius 1 is 1.00 bits per heavy atom. The molecule has 2 aromatic rings. The fourth-order valence-corrected chi connectivity index (χ4v) is 3.23. The predicted molar refractivity (Wildman–Crippen MR) is 78.2 cm³/mol. The Balaban J connectivity index is 2.17. The van der Waals surface area contributed by atoms with Gasteiger partial charge in [-0.25, -0.2) is 4.79 Å². The molecule has 0 bridgehead atoms. The highest BCUT2D eigenvalue weighted by atomic mass is 31.1. The molecular formula is C14H15N2OP. The lowest BCUT2D eigenvalue weighted by Crippen LogP contribution is -2.19. The second-order valence-electron chi connectivity index (χ2n) is 3.93. The monoisotopic (exact) mass is 258 g/mol. The predicted octanol–water partition coefficient (Wildman–Crippen LogP) is 2.24. The molecule has 2 rings (SSSR count). The Hall–Kier alpha value is -1.86. The average Bonchev–Trinajstić information content (AvgIpc) is 2.39. The summed E-state index contributed by atoms with van der Waals surface area (Å²) in [5.74, 6) is 0. The zero-order chi connectivity index (χ0) is 13.0. The molecule has 2 aromatic carbocycles. The van der Waals surface area contributed by atoms with Gasteiger partial charge >= 0.3 is 6.03 Å². The molecule has 0 heterocycles. The molecule has 0 aliphatic heterocycles. The number of benzene rings is 2. The van der Waals surface area contributed by atoms with Gasteiger partial charge in [-0.15, -0.1) is 0 Å². The minimum atomic E-state index is -0.537. The Morgan fingerprint density at radius 2 is 1.56 bits per heavy atom. The van der Waals surface area contributed by atoms with Crippen molar-refractivity contribution in [2.24, 2.45) is 5.73 Å². The molecule has 2 amide bonds. The molecule has 0 fully saturated rings. The number of nitrogens with two attached hydrogens (primary N) is 1. The van der Waals surface area contributed by atoms with Crippen molar-refractivity contribution < 1.29 is 4.79 Å². The third-order valence-corrected chi connectivity index (χ3v) is 4.81. The summed E-state index contributed by atoms with van der Waals surface area (Å²) in [6, 6.07) is 17.7. The molecule has 1 atom stereocenters. The molecule has 0 spiro atoms. The molecule has 0 aliphatic carbocycles. The average molecular weight is 258 g/mol. The number of carbonyl (C=O) groups excluding carboxylic acids is 1. The summed E-state index contributed by atoms with van der Waals surface area (Å²) in [5, 5.41) is 5.16. The van der Waals surface area contributed by atoms with Crippen molar-refractivity contribution in [2.75, 3.05) is 12.0 Å². The SMILES string of the molecule is CP(c1ccccc1)c1ccc(NC(N)=O)cc1. The molecule has 0 saturated carbocycles. The van der Waals surface area contributed by atoms with Gasteiger partial charge in [-0.2, -0.15) is 0 Å². The van der Waals surface area contributed by atoms with E-state index in [1.54, 1.807) is 0 Å². The van der Waals surface area contributed by atoms with Gasteiger partial charge < -0.3 is 11.1 Å². The molecule has 3 N–H and O–H groups in total. The Labute approximate surface area is 108 Å². The highest BCUT2D eigenvalue weighted by molar-refractivity contribution is 7.72. The van der Waals surface area contributed by atoms with Crippen molar-refractivity contribution in [1.29, 1.82) is 0 Å². The van der Waals surface area contributed by atoms with Gasteiger partial charge in [0, 0.05) is 5.69 Å². The van der Waals surface area contributed by atoms with Crippen molar-refractivity contribution in [1.82, 2.24) is 0 Å². The maximum atomic E-state index is 10.7. The number of urea groups is 1. The van der Waals surface area contributed by atoms with Gasteiger partial charge in [0.1, 0.15) is 0 Å². The minimum Gasteiger partial charge on any atom is -0.351 e. The van der Waals surface area contributed by atoms with Gasteiger partial charge in [0.15, 0.2) is 0 Å². The quantitative estimate of drug-likeness (QED) is 0.815. The van der Waals surface area contributed by atoms with E-state index in [2.05, 4.69) is 36.2 Å². The van der Waals surface area contributed by atoms with Gasteiger partial charge in [-0.3, -0.25) is 0 Å². The van der Waals surface area contributed by atoms with Gasteiger partial charge in [0.05, 0.1) is 0 Å². The van der Waals surface area contributed by atoms with E-state index in [4.69, 9.17) is 5.73 Å². The third kappa shape index (κ3) is 3.08. The molecule has 18 heavy (non-hydrogen) atoms. The lowest BCUT2D eigenvalue weighted by molar-refractivity contribution is 0.259. The first-order valence-electron chi connectivity index (χ1n) is 5.62. The fourth-order valence-electron chi connectivity index (χ4n) is 1.71. The maximum Gasteiger partial charge on any atom is 0.316 e. The van der Waals surface area contributed by atoms with Crippen LogP contribution in [0.25, 0.3) is 0 Å². The van der Waals surface area contributed by atoms with Crippen LogP contribution < -0.4 is 21.7 Å². The number of nitrogens with one attached hydrogen (secondary N) is 1. The molecule has 0 radical (unpaired) electrons. The van der Waals surface area contributed by atoms with Crippen LogP contribution in [-0.4, -0.2) is 12.7 Å². The number of hydrogen-bond donors (Lipinski definition) is 2. The fraction of sp³-hybridized carbons (Fsp3) is 0.0714. The molecule has 0 aromatic heterocycles. The molecule has 4 heteroatoms. The van der Waals surface area contributed by atoms with E-state index in [0.29, 0.717) is 0 Å². The molecule has 1 unspecified atom stereocenters. The normalized spacial score (nSPS) is 11.8. The van der Waals surface area contributed by atoms with E-state index in [9.17, 15) is 4.79 Å². The summed E-state index contributed by atoms with van der Waals surface area (Å²) >= 11 is 0. The minimum absolute atomic E-state index is 0.347. The summed E-state index contributed by atoms with van der Waals surface area (Å²) < 4.78 is 0. The molecule has 0 saturated heterocycles. The highest BCUT2D eigenvalue weighted by Crippen LogP contribution is 2.28. The van der Waals surface area contributed by atoms with Crippen LogP contribution in [0.3, 0.4) is 0 Å². The van der Waals surface area contributed by atoms with Crippen molar-refractivity contribution in [2.45, 2.75) is 0 Å². The third-order valence-electron chi connectivity index (χ3n) is 2.67. The van der Waals surface area contributed by atoms with Crippen LogP contribution in [0, 0.1) is 0 Å². The van der Waals surface area contributed by atoms with Crippen LogP contribution >= 0.6 is 7.92 Å². The number of primary amides is 1. The molecule has 92 valence electrons. The second kappa shape index (κ2) is 5.65. The summed E-state index contributed by atoms with van der Waals surface area (Å²) in [5.41, 5.74) is 5.79. The van der Waals surface area contributed by atoms with E-state index >= 15 is 0 Å². The number of amides is 2. The summed E-state index contributed by atoms with van der Waals surface area (Å²) in [4.78, 5) is 10.7. The highest BCUT2D eigenvalue weighted by Gasteiger charge is 2.07. The lowest BCUT2D eigenvalue weighted by atomic mass is 10.3. The largest absolute Gasteiger partial charge is 0.351 e.